The summed E-state index contributed by atoms with van der Waals surface area (Å²) >= 11 is 0. The van der Waals surface area contributed by atoms with Crippen molar-refractivity contribution in [2.45, 2.75) is 6.42 Å². The Bertz CT molecular complexity index is 346. The minimum Gasteiger partial charge on any atom is -0.320 e. The number of hydrogen-bond donors (Lipinski definition) is 2. The van der Waals surface area contributed by atoms with Crippen LogP contribution in [0.5, 0.6) is 0 Å². The monoisotopic (exact) mass is 244 g/mol. The summed E-state index contributed by atoms with van der Waals surface area (Å²) in [7, 11) is -5.42. The van der Waals surface area contributed by atoms with Crippen LogP contribution in [0.25, 0.3) is 0 Å². The van der Waals surface area contributed by atoms with E-state index in [1.807, 2.05) is 0 Å². The zero-order valence-electron chi connectivity index (χ0n) is 8.28. The van der Waals surface area contributed by atoms with Gasteiger partial charge in [-0.25, -0.2) is 21.6 Å². The largest absolute Gasteiger partial charge is 0.320 e. The Labute approximate surface area is 85.0 Å². The van der Waals surface area contributed by atoms with Gasteiger partial charge in [0.05, 0.1) is 0 Å². The quantitative estimate of drug-likeness (QED) is 0.533. The average Bonchev–Trinajstić information content (AvgIpc) is 1.93. The highest BCUT2D eigenvalue weighted by molar-refractivity contribution is 8.06. The highest BCUT2D eigenvalue weighted by atomic mass is 32.3. The van der Waals surface area contributed by atoms with E-state index in [0.29, 0.717) is 13.0 Å². The maximum atomic E-state index is 11.1. The first-order valence-corrected chi connectivity index (χ1v) is 7.78. The van der Waals surface area contributed by atoms with E-state index < -0.39 is 24.9 Å². The van der Waals surface area contributed by atoms with Crippen LogP contribution in [0.2, 0.25) is 0 Å². The molecule has 14 heavy (non-hydrogen) atoms. The molecule has 0 aromatic heterocycles. The maximum absolute atomic E-state index is 11.1. The van der Waals surface area contributed by atoms with Crippen LogP contribution in [0.1, 0.15) is 6.42 Å². The van der Waals surface area contributed by atoms with Crippen molar-refractivity contribution in [1.29, 1.82) is 0 Å². The molecule has 0 heterocycles. The van der Waals surface area contributed by atoms with E-state index in [1.165, 1.54) is 0 Å². The van der Waals surface area contributed by atoms with E-state index >= 15 is 0 Å². The third kappa shape index (κ3) is 8.42. The summed E-state index contributed by atoms with van der Waals surface area (Å²) in [6, 6.07) is 0. The number of sulfone groups is 1. The van der Waals surface area contributed by atoms with Gasteiger partial charge in [-0.05, 0) is 20.0 Å². The fourth-order valence-electron chi connectivity index (χ4n) is 0.816. The fraction of sp³-hybridized carbons (Fsp3) is 1.00. The fourth-order valence-corrected chi connectivity index (χ4v) is 3.86. The van der Waals surface area contributed by atoms with Crippen LogP contribution < -0.4 is 10.0 Å². The van der Waals surface area contributed by atoms with Gasteiger partial charge in [-0.3, -0.25) is 0 Å². The van der Waals surface area contributed by atoms with Crippen molar-refractivity contribution in [1.82, 2.24) is 10.0 Å². The van der Waals surface area contributed by atoms with Gasteiger partial charge in [0.25, 0.3) is 0 Å². The van der Waals surface area contributed by atoms with Gasteiger partial charge >= 0.3 is 0 Å². The lowest BCUT2D eigenvalue weighted by atomic mass is 10.4. The van der Waals surface area contributed by atoms with Gasteiger partial charge < -0.3 is 5.32 Å². The van der Waals surface area contributed by atoms with Gasteiger partial charge in [0, 0.05) is 12.8 Å². The zero-order valence-corrected chi connectivity index (χ0v) is 9.91. The molecule has 0 aromatic carbocycles. The summed E-state index contributed by atoms with van der Waals surface area (Å²) in [6.07, 6.45) is 1.51. The summed E-state index contributed by atoms with van der Waals surface area (Å²) in [5, 5.41) is 2.00. The second kappa shape index (κ2) is 5.64. The molecule has 6 nitrogen and oxygen atoms in total. The van der Waals surface area contributed by atoms with Crippen LogP contribution >= 0.6 is 0 Å². The molecule has 2 N–H and O–H groups in total. The van der Waals surface area contributed by atoms with E-state index in [9.17, 15) is 16.8 Å². The summed E-state index contributed by atoms with van der Waals surface area (Å²) in [4.78, 5) is 0. The van der Waals surface area contributed by atoms with Crippen molar-refractivity contribution in [2.24, 2.45) is 0 Å². The molecule has 0 aliphatic carbocycles. The Hall–Kier alpha value is -0.180. The predicted molar refractivity (Wildman–Crippen MR) is 55.2 cm³/mol. The third-order valence-corrected chi connectivity index (χ3v) is 4.89. The predicted octanol–water partition coefficient (Wildman–Crippen LogP) is -1.48. The maximum Gasteiger partial charge on any atom is 0.226 e. The van der Waals surface area contributed by atoms with Gasteiger partial charge in [0.2, 0.25) is 10.0 Å². The molecule has 0 bridgehead atoms. The second-order valence-corrected chi connectivity index (χ2v) is 7.32. The van der Waals surface area contributed by atoms with E-state index in [4.69, 9.17) is 0 Å². The number of rotatable bonds is 7. The van der Waals surface area contributed by atoms with Crippen LogP contribution in [0, 0.1) is 0 Å². The van der Waals surface area contributed by atoms with Gasteiger partial charge in [0.1, 0.15) is 0 Å². The van der Waals surface area contributed by atoms with E-state index in [1.54, 1.807) is 7.05 Å². The molecular formula is C6H16N2O4S2. The average molecular weight is 244 g/mol. The Balaban J connectivity index is 3.98. The van der Waals surface area contributed by atoms with Crippen molar-refractivity contribution in [2.75, 3.05) is 31.5 Å². The van der Waals surface area contributed by atoms with E-state index in [-0.39, 0.29) is 6.54 Å². The summed E-state index contributed by atoms with van der Waals surface area (Å²) in [5.41, 5.74) is 0. The third-order valence-electron chi connectivity index (χ3n) is 1.29. The molecule has 0 fully saturated rings. The lowest BCUT2D eigenvalue weighted by molar-refractivity contribution is 0.577. The lowest BCUT2D eigenvalue weighted by Crippen LogP contribution is -2.31. The Morgan fingerprint density at radius 3 is 2.07 bits per heavy atom. The molecule has 0 spiro atoms. The Morgan fingerprint density at radius 1 is 1.07 bits per heavy atom. The minimum atomic E-state index is -3.69. The Kier molecular flexibility index (Phi) is 5.57. The summed E-state index contributed by atoms with van der Waals surface area (Å²) in [6.45, 7) is 0.931. The van der Waals surface area contributed by atoms with Crippen molar-refractivity contribution < 1.29 is 16.8 Å². The zero-order chi connectivity index (χ0) is 11.2. The first-order valence-electron chi connectivity index (χ1n) is 4.06. The highest BCUT2D eigenvalue weighted by Gasteiger charge is 2.16. The van der Waals surface area contributed by atoms with Gasteiger partial charge in [-0.1, -0.05) is 0 Å². The van der Waals surface area contributed by atoms with Crippen molar-refractivity contribution in [3.8, 4) is 0 Å². The van der Waals surface area contributed by atoms with E-state index in [2.05, 4.69) is 10.0 Å². The topological polar surface area (TPSA) is 92.3 Å². The first kappa shape index (κ1) is 13.8. The van der Waals surface area contributed by atoms with E-state index in [0.717, 1.165) is 6.26 Å². The molecule has 0 rings (SSSR count). The van der Waals surface area contributed by atoms with Crippen LogP contribution in [-0.4, -0.2) is 48.3 Å². The molecule has 0 aliphatic rings. The van der Waals surface area contributed by atoms with Gasteiger partial charge in [-0.15, -0.1) is 0 Å². The van der Waals surface area contributed by atoms with Gasteiger partial charge in [0.15, 0.2) is 14.9 Å². The number of nitrogens with one attached hydrogen (secondary N) is 2. The summed E-state index contributed by atoms with van der Waals surface area (Å²) in [5.74, 6) is 0. The molecule has 0 aliphatic heterocycles. The number of hydrogen-bond acceptors (Lipinski definition) is 5. The lowest BCUT2D eigenvalue weighted by Gasteiger charge is -2.04. The highest BCUT2D eigenvalue weighted by Crippen LogP contribution is 1.91. The van der Waals surface area contributed by atoms with Crippen LogP contribution in [0.15, 0.2) is 0 Å². The molecule has 8 heteroatoms. The molecule has 0 atom stereocenters. The van der Waals surface area contributed by atoms with Crippen LogP contribution in [0.4, 0.5) is 0 Å². The van der Waals surface area contributed by atoms with Crippen molar-refractivity contribution in [3.63, 3.8) is 0 Å². The first-order chi connectivity index (χ1) is 6.27. The molecule has 0 radical (unpaired) electrons. The molecule has 0 unspecified atom stereocenters. The summed E-state index contributed by atoms with van der Waals surface area (Å²) < 4.78 is 45.8. The van der Waals surface area contributed by atoms with Crippen molar-refractivity contribution in [3.05, 3.63) is 0 Å². The second-order valence-electron chi connectivity index (χ2n) is 3.01. The molecule has 0 saturated carbocycles. The molecule has 0 saturated heterocycles. The SMILES string of the molecule is CNCCCNS(=O)(=O)CS(C)(=O)=O. The normalized spacial score (nSPS) is 13.0. The van der Waals surface area contributed by atoms with Crippen LogP contribution in [0.3, 0.4) is 0 Å². The number of sulfonamides is 1. The molecule has 0 amide bonds. The van der Waals surface area contributed by atoms with Crippen LogP contribution in [-0.2, 0) is 19.9 Å². The Morgan fingerprint density at radius 2 is 1.64 bits per heavy atom. The van der Waals surface area contributed by atoms with Crippen molar-refractivity contribution >= 4 is 19.9 Å². The standard InChI is InChI=1S/C6H16N2O4S2/c1-7-4-3-5-8-14(11,12)6-13(2,9)10/h7-8H,3-6H2,1-2H3. The molecular weight excluding hydrogens is 228 g/mol. The van der Waals surface area contributed by atoms with Gasteiger partial charge in [-0.2, -0.15) is 0 Å². The smallest absolute Gasteiger partial charge is 0.226 e. The molecule has 0 aromatic rings. The minimum absolute atomic E-state index is 0.249. The molecule has 86 valence electrons.